The Labute approximate surface area is 180 Å². The molecular weight excluding hydrogens is 437 g/mol. The fourth-order valence-corrected chi connectivity index (χ4v) is 3.14. The zero-order valence-electron chi connectivity index (χ0n) is 16.3. The molecule has 31 heavy (non-hydrogen) atoms. The van der Waals surface area contributed by atoms with Crippen LogP contribution in [0.15, 0.2) is 46.6 Å². The minimum Gasteiger partial charge on any atom is -0.418 e. The molecule has 0 aliphatic heterocycles. The van der Waals surface area contributed by atoms with Gasteiger partial charge in [-0.3, -0.25) is 9.78 Å². The Morgan fingerprint density at radius 3 is 2.77 bits per heavy atom. The number of nitrogens with zero attached hydrogens (tertiary/aromatic N) is 3. The van der Waals surface area contributed by atoms with E-state index in [1.165, 1.54) is 24.4 Å². The van der Waals surface area contributed by atoms with Crippen molar-refractivity contribution >= 4 is 23.1 Å². The Morgan fingerprint density at radius 2 is 2.19 bits per heavy atom. The Morgan fingerprint density at radius 1 is 1.42 bits per heavy atom. The Kier molecular flexibility index (Phi) is 6.91. The number of alkyl halides is 3. The maximum absolute atomic E-state index is 12.7. The first-order valence-corrected chi connectivity index (χ1v) is 9.54. The van der Waals surface area contributed by atoms with E-state index in [0.717, 1.165) is 6.08 Å². The molecule has 2 aromatic heterocycles. The van der Waals surface area contributed by atoms with E-state index in [1.807, 2.05) is 0 Å². The van der Waals surface area contributed by atoms with E-state index in [2.05, 4.69) is 20.5 Å². The molecule has 0 saturated carbocycles. The number of carbonyl (C=O) groups excluding carboxylic acids is 1. The summed E-state index contributed by atoms with van der Waals surface area (Å²) >= 11 is 6.26. The summed E-state index contributed by atoms with van der Waals surface area (Å²) in [6, 6.07) is 1.54. The highest BCUT2D eigenvalue weighted by Gasteiger charge is 2.37. The highest BCUT2D eigenvalue weighted by molar-refractivity contribution is 6.32. The fraction of sp³-hybridized carbons (Fsp3) is 0.300. The smallest absolute Gasteiger partial charge is 0.395 e. The minimum atomic E-state index is -4.27. The molecule has 0 saturated heterocycles. The van der Waals surface area contributed by atoms with Crippen LogP contribution in [0.5, 0.6) is 0 Å². The molecular formula is C20H18ClF3N4O3. The quantitative estimate of drug-likeness (QED) is 0.643. The zero-order valence-corrected chi connectivity index (χ0v) is 17.0. The van der Waals surface area contributed by atoms with Gasteiger partial charge in [-0.1, -0.05) is 29.8 Å². The van der Waals surface area contributed by atoms with Gasteiger partial charge in [-0.05, 0) is 30.6 Å². The van der Waals surface area contributed by atoms with E-state index in [9.17, 15) is 18.0 Å². The van der Waals surface area contributed by atoms with Crippen LogP contribution in [0.25, 0.3) is 17.0 Å². The second kappa shape index (κ2) is 9.44. The maximum atomic E-state index is 12.7. The number of aliphatic hydroxyl groups excluding tert-OH is 1. The number of nitrogens with one attached hydrogen (secondary N) is 1. The molecule has 3 rings (SSSR count). The molecule has 0 radical (unpaired) electrons. The Balaban J connectivity index is 1.61. The van der Waals surface area contributed by atoms with Crippen molar-refractivity contribution in [3.8, 4) is 11.5 Å². The number of carbonyl (C=O) groups is 1. The first-order valence-electron chi connectivity index (χ1n) is 9.17. The summed E-state index contributed by atoms with van der Waals surface area (Å²) in [5.74, 6) is -1.73. The zero-order chi connectivity index (χ0) is 22.6. The van der Waals surface area contributed by atoms with Gasteiger partial charge >= 0.3 is 6.18 Å². The van der Waals surface area contributed by atoms with Gasteiger partial charge in [0.15, 0.2) is 0 Å². The second-order valence-corrected chi connectivity index (χ2v) is 7.19. The highest BCUT2D eigenvalue weighted by Crippen LogP contribution is 2.33. The highest BCUT2D eigenvalue weighted by atomic mass is 35.5. The van der Waals surface area contributed by atoms with Crippen LogP contribution in [0, 0.1) is 5.92 Å². The van der Waals surface area contributed by atoms with Crippen LogP contribution < -0.4 is 5.32 Å². The van der Waals surface area contributed by atoms with Crippen molar-refractivity contribution in [2.24, 2.45) is 5.92 Å². The molecule has 1 unspecified atom stereocenters. The summed E-state index contributed by atoms with van der Waals surface area (Å²) in [5.41, 5.74) is 1.90. The third-order valence-electron chi connectivity index (χ3n) is 4.48. The Bertz CT molecular complexity index is 1060. The third-order valence-corrected chi connectivity index (χ3v) is 4.76. The average molecular weight is 455 g/mol. The van der Waals surface area contributed by atoms with Crippen molar-refractivity contribution in [3.63, 3.8) is 0 Å². The van der Waals surface area contributed by atoms with E-state index in [1.54, 1.807) is 13.0 Å². The molecule has 7 nitrogen and oxygen atoms in total. The Hall–Kier alpha value is -2.98. The van der Waals surface area contributed by atoms with Gasteiger partial charge in [-0.25, -0.2) is 0 Å². The van der Waals surface area contributed by atoms with Gasteiger partial charge in [0.25, 0.3) is 0 Å². The monoisotopic (exact) mass is 454 g/mol. The van der Waals surface area contributed by atoms with Crippen LogP contribution in [0.4, 0.5) is 13.2 Å². The molecule has 2 N–H and O–H groups in total. The predicted molar refractivity (Wildman–Crippen MR) is 107 cm³/mol. The van der Waals surface area contributed by atoms with E-state index < -0.39 is 24.6 Å². The molecule has 1 aliphatic carbocycles. The van der Waals surface area contributed by atoms with Gasteiger partial charge < -0.3 is 14.8 Å². The number of hydrogen-bond donors (Lipinski definition) is 2. The molecule has 0 bridgehead atoms. The largest absolute Gasteiger partial charge is 0.418 e. The van der Waals surface area contributed by atoms with Crippen molar-refractivity contribution in [2.45, 2.75) is 26.1 Å². The van der Waals surface area contributed by atoms with Gasteiger partial charge in [0.2, 0.25) is 17.7 Å². The van der Waals surface area contributed by atoms with Crippen LogP contribution in [0.1, 0.15) is 24.9 Å². The lowest BCUT2D eigenvalue weighted by atomic mass is 9.96. The van der Waals surface area contributed by atoms with Crippen molar-refractivity contribution in [3.05, 3.63) is 58.7 Å². The molecule has 11 heteroatoms. The lowest BCUT2D eigenvalue weighted by Gasteiger charge is -2.19. The number of amides is 1. The number of hydrogen-bond acceptors (Lipinski definition) is 6. The van der Waals surface area contributed by atoms with E-state index in [-0.39, 0.29) is 29.8 Å². The molecule has 1 atom stereocenters. The summed E-state index contributed by atoms with van der Waals surface area (Å²) in [5, 5.41) is 19.3. The fourth-order valence-electron chi connectivity index (χ4n) is 2.82. The normalized spacial score (nSPS) is 16.9. The standard InChI is InChI=1S/C20H18ClF3N4O3/c1-11(6-16(30)25-8-12-2-4-14(5-3-12)20(22,23)24)18-15(21)7-13(9-26-18)19-28-27-17(10-29)31-19/h2-4,6-7,9,14,29H,5,8,10H2,1H3,(H,25,30)/b11-6+. The first kappa shape index (κ1) is 22.7. The van der Waals surface area contributed by atoms with Gasteiger partial charge in [-0.2, -0.15) is 13.2 Å². The van der Waals surface area contributed by atoms with Gasteiger partial charge in [-0.15, -0.1) is 10.2 Å². The summed E-state index contributed by atoms with van der Waals surface area (Å²) in [7, 11) is 0. The topological polar surface area (TPSA) is 101 Å². The van der Waals surface area contributed by atoms with Crippen LogP contribution in [0.2, 0.25) is 5.02 Å². The maximum Gasteiger partial charge on any atom is 0.395 e. The summed E-state index contributed by atoms with van der Waals surface area (Å²) in [6.45, 7) is 1.37. The summed E-state index contributed by atoms with van der Waals surface area (Å²) in [4.78, 5) is 16.4. The van der Waals surface area contributed by atoms with E-state index in [0.29, 0.717) is 22.4 Å². The molecule has 2 aromatic rings. The number of allylic oxidation sites excluding steroid dienone is 3. The SMILES string of the molecule is C/C(=C\C(=O)NCC1=CCC(C(F)(F)F)C=C1)c1ncc(-c2nnc(CO)o2)cc1Cl. The van der Waals surface area contributed by atoms with Crippen LogP contribution in [-0.2, 0) is 11.4 Å². The van der Waals surface area contributed by atoms with Gasteiger partial charge in [0.05, 0.1) is 22.2 Å². The molecule has 2 heterocycles. The number of pyridine rings is 1. The van der Waals surface area contributed by atoms with Crippen LogP contribution >= 0.6 is 11.6 Å². The van der Waals surface area contributed by atoms with Crippen molar-refractivity contribution in [1.82, 2.24) is 20.5 Å². The molecule has 0 fully saturated rings. The van der Waals surface area contributed by atoms with Crippen molar-refractivity contribution < 1.29 is 27.5 Å². The lowest BCUT2D eigenvalue weighted by molar-refractivity contribution is -0.160. The molecule has 164 valence electrons. The van der Waals surface area contributed by atoms with E-state index >= 15 is 0 Å². The van der Waals surface area contributed by atoms with Crippen LogP contribution in [-0.4, -0.2) is 38.9 Å². The van der Waals surface area contributed by atoms with Gasteiger partial charge in [0.1, 0.15) is 6.61 Å². The first-order chi connectivity index (χ1) is 14.7. The summed E-state index contributed by atoms with van der Waals surface area (Å²) < 4.78 is 43.2. The van der Waals surface area contributed by atoms with Gasteiger partial charge in [0, 0.05) is 18.8 Å². The molecule has 0 aromatic carbocycles. The second-order valence-electron chi connectivity index (χ2n) is 6.78. The molecule has 0 spiro atoms. The number of aliphatic hydroxyl groups is 1. The number of aromatic nitrogens is 3. The third kappa shape index (κ3) is 5.80. The van der Waals surface area contributed by atoms with Crippen LogP contribution in [0.3, 0.4) is 0 Å². The number of rotatable bonds is 6. The lowest BCUT2D eigenvalue weighted by Crippen LogP contribution is -2.26. The molecule has 1 aliphatic rings. The predicted octanol–water partition coefficient (Wildman–Crippen LogP) is 3.86. The average Bonchev–Trinajstić information content (AvgIpc) is 3.21. The minimum absolute atomic E-state index is 0.0554. The molecule has 1 amide bonds. The summed E-state index contributed by atoms with van der Waals surface area (Å²) in [6.07, 6.45) is 2.26. The van der Waals surface area contributed by atoms with Crippen molar-refractivity contribution in [1.29, 1.82) is 0 Å². The van der Waals surface area contributed by atoms with Crippen molar-refractivity contribution in [2.75, 3.05) is 6.54 Å². The number of halogens is 4. The van der Waals surface area contributed by atoms with E-state index in [4.69, 9.17) is 21.1 Å².